The van der Waals surface area contributed by atoms with Gasteiger partial charge in [-0.15, -0.1) is 0 Å². The molecule has 0 aliphatic carbocycles. The van der Waals surface area contributed by atoms with Crippen LogP contribution in [0.5, 0.6) is 0 Å². The average molecular weight is 296 g/mol. The van der Waals surface area contributed by atoms with Crippen LogP contribution >= 0.6 is 0 Å². The van der Waals surface area contributed by atoms with Crippen LogP contribution in [0.25, 0.3) is 0 Å². The molecule has 1 heterocycles. The molecule has 2 N–H and O–H groups in total. The van der Waals surface area contributed by atoms with E-state index in [1.807, 2.05) is 0 Å². The molecule has 0 aliphatic heterocycles. The molecule has 0 radical (unpaired) electrons. The molecule has 0 unspecified atom stereocenters. The van der Waals surface area contributed by atoms with Crippen molar-refractivity contribution in [3.8, 4) is 0 Å². The van der Waals surface area contributed by atoms with Gasteiger partial charge < -0.3 is 14.8 Å². The Bertz CT molecular complexity index is 475. The Hall–Kier alpha value is -2.06. The van der Waals surface area contributed by atoms with Crippen molar-refractivity contribution in [2.45, 2.75) is 33.5 Å². The Labute approximate surface area is 112 Å². The number of hydrogen-bond donors (Lipinski definition) is 2. The first-order valence-electron chi connectivity index (χ1n) is 5.38. The number of aliphatic carboxylic acids is 1. The molecule has 0 aliphatic rings. The minimum atomic E-state index is -5.08. The normalized spacial score (nSPS) is 11.5. The summed E-state index contributed by atoms with van der Waals surface area (Å²) in [6, 6.07) is 0. The van der Waals surface area contributed by atoms with Gasteiger partial charge in [-0.3, -0.25) is 0 Å². The second-order valence-corrected chi connectivity index (χ2v) is 5.10. The van der Waals surface area contributed by atoms with Crippen molar-refractivity contribution in [2.75, 3.05) is 0 Å². The van der Waals surface area contributed by atoms with E-state index in [0.717, 1.165) is 6.54 Å². The number of carbonyl (C=O) groups is 2. The van der Waals surface area contributed by atoms with E-state index in [1.54, 1.807) is 17.1 Å². The Balaban J connectivity index is 0.000000441. The molecule has 0 aromatic carbocycles. The average Bonchev–Trinajstić information content (AvgIpc) is 2.62. The van der Waals surface area contributed by atoms with Crippen molar-refractivity contribution in [3.63, 3.8) is 0 Å². The first-order valence-corrected chi connectivity index (χ1v) is 5.38. The number of halogens is 3. The van der Waals surface area contributed by atoms with Crippen LogP contribution < -0.4 is 0 Å². The van der Waals surface area contributed by atoms with Gasteiger partial charge in [-0.25, -0.2) is 14.6 Å². The summed E-state index contributed by atoms with van der Waals surface area (Å²) in [5.74, 6) is -3.74. The third-order valence-corrected chi connectivity index (χ3v) is 1.75. The Morgan fingerprint density at radius 2 is 1.70 bits per heavy atom. The van der Waals surface area contributed by atoms with Gasteiger partial charge in [0.2, 0.25) is 0 Å². The summed E-state index contributed by atoms with van der Waals surface area (Å²) in [5, 5.41) is 15.7. The zero-order valence-corrected chi connectivity index (χ0v) is 11.1. The van der Waals surface area contributed by atoms with E-state index in [1.165, 1.54) is 0 Å². The fourth-order valence-corrected chi connectivity index (χ4v) is 1.10. The van der Waals surface area contributed by atoms with Crippen molar-refractivity contribution in [1.29, 1.82) is 0 Å². The molecule has 114 valence electrons. The maximum Gasteiger partial charge on any atom is 0.490 e. The topological polar surface area (TPSA) is 92.4 Å². The second-order valence-electron chi connectivity index (χ2n) is 5.10. The van der Waals surface area contributed by atoms with Gasteiger partial charge in [0.25, 0.3) is 0 Å². The van der Waals surface area contributed by atoms with E-state index in [9.17, 15) is 18.0 Å². The fourth-order valence-electron chi connectivity index (χ4n) is 1.10. The second kappa shape index (κ2) is 6.40. The standard InChI is InChI=1S/C9H14N2O2.C2HF3O2/c1-9(2,3)5-11-4-7(8(12)13)10-6-11;3-2(4,5)1(6)7/h4,6H,5H2,1-3H3,(H,12,13);(H,6,7). The van der Waals surface area contributed by atoms with Gasteiger partial charge in [0.1, 0.15) is 0 Å². The lowest BCUT2D eigenvalue weighted by Gasteiger charge is -2.18. The summed E-state index contributed by atoms with van der Waals surface area (Å²) >= 11 is 0. The highest BCUT2D eigenvalue weighted by molar-refractivity contribution is 5.84. The van der Waals surface area contributed by atoms with Gasteiger partial charge in [-0.1, -0.05) is 20.8 Å². The summed E-state index contributed by atoms with van der Waals surface area (Å²) in [6.07, 6.45) is -1.98. The number of aromatic nitrogens is 2. The molecule has 0 atom stereocenters. The molecule has 9 heteroatoms. The van der Waals surface area contributed by atoms with Gasteiger partial charge in [0.05, 0.1) is 6.33 Å². The molecule has 1 aromatic heterocycles. The number of aromatic carboxylic acids is 1. The number of alkyl halides is 3. The molecule has 0 amide bonds. The predicted octanol–water partition coefficient (Wildman–Crippen LogP) is 2.26. The summed E-state index contributed by atoms with van der Waals surface area (Å²) < 4.78 is 33.5. The number of imidazole rings is 1. The van der Waals surface area contributed by atoms with Crippen LogP contribution in [0.2, 0.25) is 0 Å². The highest BCUT2D eigenvalue weighted by Gasteiger charge is 2.38. The zero-order valence-electron chi connectivity index (χ0n) is 11.1. The van der Waals surface area contributed by atoms with Crippen LogP contribution in [0.15, 0.2) is 12.5 Å². The predicted molar refractivity (Wildman–Crippen MR) is 62.3 cm³/mol. The summed E-state index contributed by atoms with van der Waals surface area (Å²) in [6.45, 7) is 7.04. The molecular weight excluding hydrogens is 281 g/mol. The molecule has 0 spiro atoms. The Morgan fingerprint density at radius 1 is 1.25 bits per heavy atom. The van der Waals surface area contributed by atoms with Gasteiger partial charge in [-0.05, 0) is 5.41 Å². The van der Waals surface area contributed by atoms with Crippen LogP contribution in [-0.4, -0.2) is 37.9 Å². The monoisotopic (exact) mass is 296 g/mol. The van der Waals surface area contributed by atoms with Gasteiger partial charge in [-0.2, -0.15) is 13.2 Å². The van der Waals surface area contributed by atoms with Gasteiger partial charge in [0, 0.05) is 12.7 Å². The van der Waals surface area contributed by atoms with E-state index in [4.69, 9.17) is 15.0 Å². The number of hydrogen-bond acceptors (Lipinski definition) is 3. The lowest BCUT2D eigenvalue weighted by Crippen LogP contribution is -2.21. The lowest BCUT2D eigenvalue weighted by atomic mass is 9.97. The van der Waals surface area contributed by atoms with Gasteiger partial charge >= 0.3 is 18.1 Å². The number of carboxylic acids is 2. The quantitative estimate of drug-likeness (QED) is 0.873. The van der Waals surface area contributed by atoms with Crippen LogP contribution in [0, 0.1) is 5.41 Å². The SMILES string of the molecule is CC(C)(C)Cn1cnc(C(=O)O)c1.O=C(O)C(F)(F)F. The molecule has 1 rings (SSSR count). The zero-order chi connectivity index (χ0) is 16.1. The minimum absolute atomic E-state index is 0.101. The third kappa shape index (κ3) is 7.39. The maximum atomic E-state index is 10.6. The van der Waals surface area contributed by atoms with E-state index in [0.29, 0.717) is 0 Å². The van der Waals surface area contributed by atoms with Crippen molar-refractivity contribution in [1.82, 2.24) is 9.55 Å². The largest absolute Gasteiger partial charge is 0.490 e. The Morgan fingerprint density at radius 3 is 1.95 bits per heavy atom. The van der Waals surface area contributed by atoms with Crippen LogP contribution in [0.3, 0.4) is 0 Å². The van der Waals surface area contributed by atoms with Crippen LogP contribution in [-0.2, 0) is 11.3 Å². The summed E-state index contributed by atoms with van der Waals surface area (Å²) in [4.78, 5) is 23.2. The minimum Gasteiger partial charge on any atom is -0.476 e. The number of nitrogens with zero attached hydrogens (tertiary/aromatic N) is 2. The fraction of sp³-hybridized carbons (Fsp3) is 0.545. The first-order chi connectivity index (χ1) is 8.83. The highest BCUT2D eigenvalue weighted by atomic mass is 19.4. The summed E-state index contributed by atoms with van der Waals surface area (Å²) in [5.41, 5.74) is 0.237. The van der Waals surface area contributed by atoms with E-state index >= 15 is 0 Å². The molecule has 0 fully saturated rings. The molecular formula is C11H15F3N2O4. The number of rotatable bonds is 2. The summed E-state index contributed by atoms with van der Waals surface area (Å²) in [7, 11) is 0. The molecule has 20 heavy (non-hydrogen) atoms. The molecule has 0 saturated heterocycles. The smallest absolute Gasteiger partial charge is 0.476 e. The molecule has 0 saturated carbocycles. The van der Waals surface area contributed by atoms with Crippen LogP contribution in [0.4, 0.5) is 13.2 Å². The van der Waals surface area contributed by atoms with Crippen molar-refractivity contribution < 1.29 is 33.0 Å². The highest BCUT2D eigenvalue weighted by Crippen LogP contribution is 2.16. The van der Waals surface area contributed by atoms with E-state index < -0.39 is 18.1 Å². The van der Waals surface area contributed by atoms with Crippen molar-refractivity contribution in [3.05, 3.63) is 18.2 Å². The molecule has 0 bridgehead atoms. The van der Waals surface area contributed by atoms with Crippen molar-refractivity contribution >= 4 is 11.9 Å². The number of carboxylic acid groups (broad SMARTS) is 2. The first kappa shape index (κ1) is 17.9. The Kier molecular flexibility index (Phi) is 5.74. The van der Waals surface area contributed by atoms with E-state index in [-0.39, 0.29) is 11.1 Å². The third-order valence-electron chi connectivity index (χ3n) is 1.75. The van der Waals surface area contributed by atoms with Crippen molar-refractivity contribution in [2.24, 2.45) is 5.41 Å². The molecule has 6 nitrogen and oxygen atoms in total. The lowest BCUT2D eigenvalue weighted by molar-refractivity contribution is -0.192. The maximum absolute atomic E-state index is 10.6. The van der Waals surface area contributed by atoms with Gasteiger partial charge in [0.15, 0.2) is 5.69 Å². The van der Waals surface area contributed by atoms with E-state index in [2.05, 4.69) is 25.8 Å². The molecule has 1 aromatic rings. The van der Waals surface area contributed by atoms with Crippen LogP contribution in [0.1, 0.15) is 31.3 Å².